The van der Waals surface area contributed by atoms with E-state index in [0.29, 0.717) is 11.3 Å². The van der Waals surface area contributed by atoms with E-state index in [1.807, 2.05) is 0 Å². The fourth-order valence-electron chi connectivity index (χ4n) is 1.90. The van der Waals surface area contributed by atoms with Gasteiger partial charge in [0.25, 0.3) is 0 Å². The molecule has 0 saturated carbocycles. The highest BCUT2D eigenvalue weighted by Gasteiger charge is 2.16. The van der Waals surface area contributed by atoms with Crippen molar-refractivity contribution in [1.82, 2.24) is 0 Å². The van der Waals surface area contributed by atoms with Gasteiger partial charge in [0, 0.05) is 0 Å². The number of nitro benzene ring substituents is 1. The van der Waals surface area contributed by atoms with Crippen molar-refractivity contribution >= 4 is 11.7 Å². The van der Waals surface area contributed by atoms with Crippen LogP contribution < -0.4 is 9.47 Å². The highest BCUT2D eigenvalue weighted by atomic mass is 16.6. The molecule has 0 amide bonds. The van der Waals surface area contributed by atoms with Crippen LogP contribution in [0.15, 0.2) is 42.5 Å². The fourth-order valence-corrected chi connectivity index (χ4v) is 1.90. The van der Waals surface area contributed by atoms with Crippen molar-refractivity contribution in [1.29, 1.82) is 0 Å². The van der Waals surface area contributed by atoms with Gasteiger partial charge in [-0.2, -0.15) is 0 Å². The fraction of sp³-hybridized carbons (Fsp3) is 0.188. The van der Waals surface area contributed by atoms with Gasteiger partial charge in [0.15, 0.2) is 5.75 Å². The van der Waals surface area contributed by atoms with Gasteiger partial charge < -0.3 is 14.2 Å². The molecule has 0 saturated heterocycles. The second kappa shape index (κ2) is 7.26. The Morgan fingerprint density at radius 1 is 1.13 bits per heavy atom. The van der Waals surface area contributed by atoms with Crippen LogP contribution in [0.25, 0.3) is 0 Å². The zero-order valence-corrected chi connectivity index (χ0v) is 12.6. The molecule has 0 N–H and O–H groups in total. The van der Waals surface area contributed by atoms with E-state index in [1.165, 1.54) is 26.4 Å². The minimum absolute atomic E-state index is 0.134. The quantitative estimate of drug-likeness (QED) is 0.462. The summed E-state index contributed by atoms with van der Waals surface area (Å²) in [6.07, 6.45) is 0. The molecular formula is C16H15NO6. The molecule has 0 fully saturated rings. The van der Waals surface area contributed by atoms with Gasteiger partial charge in [-0.15, -0.1) is 0 Å². The second-order valence-electron chi connectivity index (χ2n) is 4.57. The number of benzene rings is 2. The monoisotopic (exact) mass is 317 g/mol. The Balaban J connectivity index is 2.11. The number of carbonyl (C=O) groups excluding carboxylic acids is 1. The molecule has 0 heterocycles. The molecule has 0 unspecified atom stereocenters. The normalized spacial score (nSPS) is 10.0. The third-order valence-corrected chi connectivity index (χ3v) is 3.13. The standard InChI is InChI=1S/C16H15NO6/c1-21-13-7-8-15(14(9-13)17(19)20)23-10-11-3-5-12(6-4-11)16(18)22-2/h3-9H,10H2,1-2H3. The molecule has 7 heteroatoms. The van der Waals surface area contributed by atoms with Crippen LogP contribution in [0.5, 0.6) is 11.5 Å². The summed E-state index contributed by atoms with van der Waals surface area (Å²) in [5, 5.41) is 11.1. The molecule has 120 valence electrons. The van der Waals surface area contributed by atoms with E-state index in [4.69, 9.17) is 9.47 Å². The summed E-state index contributed by atoms with van der Waals surface area (Å²) >= 11 is 0. The predicted molar refractivity (Wildman–Crippen MR) is 81.8 cm³/mol. The Labute approximate surface area is 132 Å². The average molecular weight is 317 g/mol. The smallest absolute Gasteiger partial charge is 0.337 e. The SMILES string of the molecule is COC(=O)c1ccc(COc2ccc(OC)cc2[N+](=O)[O-])cc1. The zero-order valence-electron chi connectivity index (χ0n) is 12.6. The summed E-state index contributed by atoms with van der Waals surface area (Å²) < 4.78 is 15.1. The van der Waals surface area contributed by atoms with Crippen molar-refractivity contribution in [2.24, 2.45) is 0 Å². The van der Waals surface area contributed by atoms with Crippen LogP contribution in [0.1, 0.15) is 15.9 Å². The first-order valence-electron chi connectivity index (χ1n) is 6.67. The number of ether oxygens (including phenoxy) is 3. The lowest BCUT2D eigenvalue weighted by atomic mass is 10.1. The first-order chi connectivity index (χ1) is 11.0. The van der Waals surface area contributed by atoms with Crippen LogP contribution in [0.4, 0.5) is 5.69 Å². The van der Waals surface area contributed by atoms with Crippen LogP contribution >= 0.6 is 0 Å². The number of methoxy groups -OCH3 is 2. The number of carbonyl (C=O) groups is 1. The van der Waals surface area contributed by atoms with Crippen LogP contribution in [0.2, 0.25) is 0 Å². The van der Waals surface area contributed by atoms with E-state index in [1.54, 1.807) is 30.3 Å². The minimum atomic E-state index is -0.530. The molecule has 0 aliphatic heterocycles. The van der Waals surface area contributed by atoms with E-state index in [2.05, 4.69) is 4.74 Å². The lowest BCUT2D eigenvalue weighted by Crippen LogP contribution is -2.02. The van der Waals surface area contributed by atoms with Gasteiger partial charge in [0.05, 0.1) is 30.8 Å². The zero-order chi connectivity index (χ0) is 16.8. The van der Waals surface area contributed by atoms with Crippen molar-refractivity contribution in [2.75, 3.05) is 14.2 Å². The summed E-state index contributed by atoms with van der Waals surface area (Å²) in [4.78, 5) is 21.9. The average Bonchev–Trinajstić information content (AvgIpc) is 2.59. The maximum absolute atomic E-state index is 11.3. The van der Waals surface area contributed by atoms with Gasteiger partial charge in [0.1, 0.15) is 12.4 Å². The Morgan fingerprint density at radius 3 is 2.39 bits per heavy atom. The first-order valence-corrected chi connectivity index (χ1v) is 6.67. The summed E-state index contributed by atoms with van der Waals surface area (Å²) in [6, 6.07) is 11.0. The van der Waals surface area contributed by atoms with E-state index in [9.17, 15) is 14.9 Å². The van der Waals surface area contributed by atoms with Crippen LogP contribution in [-0.2, 0) is 11.3 Å². The number of hydrogen-bond acceptors (Lipinski definition) is 6. The summed E-state index contributed by atoms with van der Waals surface area (Å²) in [5.74, 6) is 0.0996. The lowest BCUT2D eigenvalue weighted by Gasteiger charge is -2.08. The largest absolute Gasteiger partial charge is 0.496 e. The van der Waals surface area contributed by atoms with E-state index in [-0.39, 0.29) is 18.0 Å². The number of esters is 1. The van der Waals surface area contributed by atoms with Crippen molar-refractivity contribution in [3.8, 4) is 11.5 Å². The van der Waals surface area contributed by atoms with Gasteiger partial charge in [-0.25, -0.2) is 4.79 Å². The van der Waals surface area contributed by atoms with Crippen molar-refractivity contribution in [3.63, 3.8) is 0 Å². The molecule has 7 nitrogen and oxygen atoms in total. The Hall–Kier alpha value is -3.09. The Morgan fingerprint density at radius 2 is 1.83 bits per heavy atom. The van der Waals surface area contributed by atoms with E-state index >= 15 is 0 Å². The van der Waals surface area contributed by atoms with Gasteiger partial charge in [0.2, 0.25) is 0 Å². The molecule has 0 radical (unpaired) electrons. The van der Waals surface area contributed by atoms with Gasteiger partial charge in [-0.1, -0.05) is 12.1 Å². The first kappa shape index (κ1) is 16.3. The molecule has 0 aromatic heterocycles. The van der Waals surface area contributed by atoms with Crippen molar-refractivity contribution < 1.29 is 23.9 Å². The maximum Gasteiger partial charge on any atom is 0.337 e. The second-order valence-corrected chi connectivity index (χ2v) is 4.57. The highest BCUT2D eigenvalue weighted by Crippen LogP contribution is 2.31. The Bertz CT molecular complexity index is 711. The van der Waals surface area contributed by atoms with Crippen LogP contribution in [-0.4, -0.2) is 25.1 Å². The third kappa shape index (κ3) is 3.97. The van der Waals surface area contributed by atoms with Crippen LogP contribution in [0.3, 0.4) is 0 Å². The minimum Gasteiger partial charge on any atom is -0.496 e. The number of nitrogens with zero attached hydrogens (tertiary/aromatic N) is 1. The van der Waals surface area contributed by atoms with Gasteiger partial charge >= 0.3 is 11.7 Å². The molecule has 0 spiro atoms. The molecule has 0 atom stereocenters. The molecular weight excluding hydrogens is 302 g/mol. The third-order valence-electron chi connectivity index (χ3n) is 3.13. The summed E-state index contributed by atoms with van der Waals surface area (Å²) in [6.45, 7) is 0.134. The van der Waals surface area contributed by atoms with Crippen LogP contribution in [0, 0.1) is 10.1 Å². The lowest BCUT2D eigenvalue weighted by molar-refractivity contribution is -0.386. The predicted octanol–water partition coefficient (Wildman–Crippen LogP) is 2.97. The molecule has 2 aromatic carbocycles. The molecule has 2 aromatic rings. The molecule has 23 heavy (non-hydrogen) atoms. The number of hydrogen-bond donors (Lipinski definition) is 0. The molecule has 0 aliphatic carbocycles. The van der Waals surface area contributed by atoms with Gasteiger partial charge in [-0.3, -0.25) is 10.1 Å². The maximum atomic E-state index is 11.3. The molecule has 0 aliphatic rings. The van der Waals surface area contributed by atoms with Crippen molar-refractivity contribution in [3.05, 3.63) is 63.7 Å². The highest BCUT2D eigenvalue weighted by molar-refractivity contribution is 5.89. The number of rotatable bonds is 6. The number of nitro groups is 1. The van der Waals surface area contributed by atoms with Crippen molar-refractivity contribution in [2.45, 2.75) is 6.61 Å². The topological polar surface area (TPSA) is 87.9 Å². The Kier molecular flexibility index (Phi) is 5.14. The van der Waals surface area contributed by atoms with E-state index < -0.39 is 10.9 Å². The molecule has 2 rings (SSSR count). The molecule has 0 bridgehead atoms. The summed E-state index contributed by atoms with van der Waals surface area (Å²) in [7, 11) is 2.74. The van der Waals surface area contributed by atoms with Gasteiger partial charge in [-0.05, 0) is 29.8 Å². The van der Waals surface area contributed by atoms with E-state index in [0.717, 1.165) is 5.56 Å². The summed E-state index contributed by atoms with van der Waals surface area (Å²) in [5.41, 5.74) is 1.02.